The molecule has 0 aromatic heterocycles. The minimum Gasteiger partial charge on any atom is -0.258 e. The largest absolute Gasteiger partial charge is 0.286 e. The summed E-state index contributed by atoms with van der Waals surface area (Å²) < 4.78 is 0.676. The van der Waals surface area contributed by atoms with E-state index in [9.17, 15) is 10.1 Å². The van der Waals surface area contributed by atoms with Gasteiger partial charge in [-0.2, -0.15) is 0 Å². The molecule has 0 amide bonds. The first-order chi connectivity index (χ1) is 5.66. The number of benzene rings is 1. The van der Waals surface area contributed by atoms with Crippen molar-refractivity contribution in [2.45, 2.75) is 5.33 Å². The van der Waals surface area contributed by atoms with Gasteiger partial charge in [0.05, 0.1) is 8.49 Å². The van der Waals surface area contributed by atoms with Gasteiger partial charge in [-0.1, -0.05) is 28.1 Å². The first-order valence-electron chi connectivity index (χ1n) is 3.14. The summed E-state index contributed by atoms with van der Waals surface area (Å²) >= 11 is 5.17. The van der Waals surface area contributed by atoms with E-state index in [0.717, 1.165) is 0 Å². The standard InChI is InChI=1S/C7H5BrINO2/c8-4-5-2-1-3-6(9)7(5)10(11)12/h1-3H,4H2. The number of hydrogen-bond acceptors (Lipinski definition) is 2. The maximum Gasteiger partial charge on any atom is 0.286 e. The fourth-order valence-electron chi connectivity index (χ4n) is 0.872. The number of nitro benzene ring substituents is 1. The summed E-state index contributed by atoms with van der Waals surface area (Å²) in [6.07, 6.45) is 0. The van der Waals surface area contributed by atoms with Gasteiger partial charge in [-0.3, -0.25) is 10.1 Å². The molecule has 0 atom stereocenters. The second-order valence-electron chi connectivity index (χ2n) is 2.14. The molecule has 1 aromatic rings. The van der Waals surface area contributed by atoms with Crippen LogP contribution in [0.2, 0.25) is 0 Å². The molecule has 0 aliphatic heterocycles. The van der Waals surface area contributed by atoms with Crippen LogP contribution in [0.3, 0.4) is 0 Å². The van der Waals surface area contributed by atoms with E-state index in [4.69, 9.17) is 0 Å². The zero-order valence-electron chi connectivity index (χ0n) is 5.96. The highest BCUT2D eigenvalue weighted by atomic mass is 127. The topological polar surface area (TPSA) is 43.1 Å². The molecular formula is C7H5BrINO2. The van der Waals surface area contributed by atoms with Crippen molar-refractivity contribution in [1.29, 1.82) is 0 Å². The Labute approximate surface area is 91.6 Å². The summed E-state index contributed by atoms with van der Waals surface area (Å²) in [4.78, 5) is 10.2. The van der Waals surface area contributed by atoms with Crippen molar-refractivity contribution in [3.63, 3.8) is 0 Å². The maximum atomic E-state index is 10.6. The van der Waals surface area contributed by atoms with Crippen LogP contribution in [0.1, 0.15) is 5.56 Å². The third-order valence-corrected chi connectivity index (χ3v) is 2.87. The number of nitrogens with zero attached hydrogens (tertiary/aromatic N) is 1. The molecule has 0 fully saturated rings. The molecule has 0 heterocycles. The first-order valence-corrected chi connectivity index (χ1v) is 5.34. The van der Waals surface area contributed by atoms with E-state index in [1.54, 1.807) is 12.1 Å². The number of halogens is 2. The van der Waals surface area contributed by atoms with Gasteiger partial charge in [-0.25, -0.2) is 0 Å². The van der Waals surface area contributed by atoms with Gasteiger partial charge in [-0.15, -0.1) is 0 Å². The van der Waals surface area contributed by atoms with Crippen LogP contribution in [-0.2, 0) is 5.33 Å². The molecule has 0 N–H and O–H groups in total. The SMILES string of the molecule is O=[N+]([O-])c1c(I)cccc1CBr. The van der Waals surface area contributed by atoms with E-state index >= 15 is 0 Å². The minimum absolute atomic E-state index is 0.204. The van der Waals surface area contributed by atoms with Gasteiger partial charge in [0, 0.05) is 10.9 Å². The lowest BCUT2D eigenvalue weighted by molar-refractivity contribution is -0.386. The molecule has 3 nitrogen and oxygen atoms in total. The predicted molar refractivity (Wildman–Crippen MR) is 58.4 cm³/mol. The average Bonchev–Trinajstić information content (AvgIpc) is 2.03. The van der Waals surface area contributed by atoms with E-state index in [1.807, 2.05) is 28.7 Å². The molecule has 5 heteroatoms. The van der Waals surface area contributed by atoms with Gasteiger partial charge in [0.25, 0.3) is 5.69 Å². The Bertz CT molecular complexity index is 316. The van der Waals surface area contributed by atoms with Crippen LogP contribution in [0.25, 0.3) is 0 Å². The quantitative estimate of drug-likeness (QED) is 0.359. The lowest BCUT2D eigenvalue weighted by atomic mass is 10.2. The Balaban J connectivity index is 3.29. The molecule has 0 aliphatic carbocycles. The summed E-state index contributed by atoms with van der Waals surface area (Å²) in [6, 6.07) is 5.28. The van der Waals surface area contributed by atoms with Crippen molar-refractivity contribution in [2.75, 3.05) is 0 Å². The Morgan fingerprint density at radius 3 is 2.67 bits per heavy atom. The number of nitro groups is 1. The van der Waals surface area contributed by atoms with Gasteiger partial charge >= 0.3 is 0 Å². The highest BCUT2D eigenvalue weighted by Gasteiger charge is 2.15. The van der Waals surface area contributed by atoms with Gasteiger partial charge in [0.15, 0.2) is 0 Å². The summed E-state index contributed by atoms with van der Waals surface area (Å²) in [5, 5.41) is 11.1. The van der Waals surface area contributed by atoms with Crippen molar-refractivity contribution in [1.82, 2.24) is 0 Å². The Morgan fingerprint density at radius 2 is 2.25 bits per heavy atom. The van der Waals surface area contributed by atoms with Crippen molar-refractivity contribution in [3.8, 4) is 0 Å². The molecule has 0 spiro atoms. The molecule has 0 unspecified atom stereocenters. The van der Waals surface area contributed by atoms with Crippen molar-refractivity contribution in [2.24, 2.45) is 0 Å². The number of hydrogen-bond donors (Lipinski definition) is 0. The zero-order valence-corrected chi connectivity index (χ0v) is 9.70. The monoisotopic (exact) mass is 341 g/mol. The fraction of sp³-hybridized carbons (Fsp3) is 0.143. The van der Waals surface area contributed by atoms with Crippen LogP contribution in [0.4, 0.5) is 5.69 Å². The Hall–Kier alpha value is -0.170. The highest BCUT2D eigenvalue weighted by molar-refractivity contribution is 14.1. The average molecular weight is 342 g/mol. The summed E-state index contributed by atoms with van der Waals surface area (Å²) in [6.45, 7) is 0. The Kier molecular flexibility index (Phi) is 3.45. The van der Waals surface area contributed by atoms with Crippen LogP contribution in [0, 0.1) is 13.7 Å². The zero-order chi connectivity index (χ0) is 9.14. The maximum absolute atomic E-state index is 10.6. The van der Waals surface area contributed by atoms with Gasteiger partial charge in [0.2, 0.25) is 0 Å². The Morgan fingerprint density at radius 1 is 1.58 bits per heavy atom. The second kappa shape index (κ2) is 4.18. The number of alkyl halides is 1. The lowest BCUT2D eigenvalue weighted by Gasteiger charge is -1.99. The summed E-state index contributed by atoms with van der Waals surface area (Å²) in [5.74, 6) is 0. The van der Waals surface area contributed by atoms with Crippen LogP contribution < -0.4 is 0 Å². The molecule has 0 radical (unpaired) electrons. The molecule has 12 heavy (non-hydrogen) atoms. The van der Waals surface area contributed by atoms with E-state index in [2.05, 4.69) is 15.9 Å². The first kappa shape index (κ1) is 9.91. The van der Waals surface area contributed by atoms with Gasteiger partial charge < -0.3 is 0 Å². The third kappa shape index (κ3) is 1.95. The molecule has 1 aromatic carbocycles. The van der Waals surface area contributed by atoms with E-state index in [1.165, 1.54) is 0 Å². The van der Waals surface area contributed by atoms with Crippen LogP contribution >= 0.6 is 38.5 Å². The van der Waals surface area contributed by atoms with Crippen molar-refractivity contribution < 1.29 is 4.92 Å². The van der Waals surface area contributed by atoms with E-state index in [-0.39, 0.29) is 10.6 Å². The molecule has 1 rings (SSSR count). The van der Waals surface area contributed by atoms with E-state index < -0.39 is 0 Å². The van der Waals surface area contributed by atoms with Crippen LogP contribution in [-0.4, -0.2) is 4.92 Å². The minimum atomic E-state index is -0.349. The molecule has 0 bridgehead atoms. The fourth-order valence-corrected chi connectivity index (χ4v) is 2.08. The number of para-hydroxylation sites is 1. The van der Waals surface area contributed by atoms with Gasteiger partial charge in [0.1, 0.15) is 0 Å². The molecule has 64 valence electrons. The van der Waals surface area contributed by atoms with Gasteiger partial charge in [-0.05, 0) is 28.7 Å². The normalized spacial score (nSPS) is 9.83. The third-order valence-electron chi connectivity index (χ3n) is 1.40. The van der Waals surface area contributed by atoms with Crippen molar-refractivity contribution in [3.05, 3.63) is 37.4 Å². The second-order valence-corrected chi connectivity index (χ2v) is 3.86. The summed E-state index contributed by atoms with van der Waals surface area (Å²) in [7, 11) is 0. The highest BCUT2D eigenvalue weighted by Crippen LogP contribution is 2.26. The molecular weight excluding hydrogens is 337 g/mol. The number of rotatable bonds is 2. The molecule has 0 saturated heterocycles. The van der Waals surface area contributed by atoms with Crippen LogP contribution in [0.15, 0.2) is 18.2 Å². The smallest absolute Gasteiger partial charge is 0.258 e. The lowest BCUT2D eigenvalue weighted by Crippen LogP contribution is -1.95. The van der Waals surface area contributed by atoms with Crippen LogP contribution in [0.5, 0.6) is 0 Å². The van der Waals surface area contributed by atoms with E-state index in [0.29, 0.717) is 14.5 Å². The van der Waals surface area contributed by atoms with Crippen molar-refractivity contribution >= 4 is 44.2 Å². The molecule has 0 aliphatic rings. The summed E-state index contributed by atoms with van der Waals surface area (Å²) in [5.41, 5.74) is 0.918. The molecule has 0 saturated carbocycles. The predicted octanol–water partition coefficient (Wildman–Crippen LogP) is 3.09.